The van der Waals surface area contributed by atoms with Gasteiger partial charge >= 0.3 is 6.09 Å². The maximum Gasteiger partial charge on any atom is 0.410 e. The Morgan fingerprint density at radius 3 is 2.33 bits per heavy atom. The number of benzene rings is 1. The molecule has 2 saturated heterocycles. The quantitative estimate of drug-likeness (QED) is 0.580. The minimum absolute atomic E-state index is 0.158. The second-order valence-electron chi connectivity index (χ2n) is 10.9. The Morgan fingerprint density at radius 1 is 0.939 bits per heavy atom. The Kier molecular flexibility index (Phi) is 6.21. The molecule has 2 aromatic rings. The molecule has 1 amide bonds. The highest BCUT2D eigenvalue weighted by Gasteiger charge is 2.45. The molecule has 1 saturated carbocycles. The topological polar surface area (TPSA) is 60.9 Å². The number of aromatic nitrogens is 1. The highest BCUT2D eigenvalue weighted by Crippen LogP contribution is 2.39. The number of rotatable bonds is 4. The largest absolute Gasteiger partial charge is 0.490 e. The van der Waals surface area contributed by atoms with Gasteiger partial charge in [-0.3, -0.25) is 4.98 Å². The first-order valence-electron chi connectivity index (χ1n) is 12.5. The lowest BCUT2D eigenvalue weighted by atomic mass is 9.93. The van der Waals surface area contributed by atoms with Crippen molar-refractivity contribution in [2.45, 2.75) is 108 Å². The number of ether oxygens (including phenoxy) is 3. The molecule has 3 atom stereocenters. The molecule has 3 fully saturated rings. The Hall–Kier alpha value is -2.34. The average molecular weight is 453 g/mol. The predicted molar refractivity (Wildman–Crippen MR) is 127 cm³/mol. The average Bonchev–Trinajstić information content (AvgIpc) is 3.05. The van der Waals surface area contributed by atoms with Gasteiger partial charge in [-0.2, -0.15) is 0 Å². The molecule has 0 unspecified atom stereocenters. The number of fused-ring (bicyclic) bond motifs is 3. The van der Waals surface area contributed by atoms with Crippen LogP contribution in [0.2, 0.25) is 0 Å². The van der Waals surface area contributed by atoms with E-state index in [-0.39, 0.29) is 36.5 Å². The summed E-state index contributed by atoms with van der Waals surface area (Å²) in [5.74, 6) is 0.927. The third kappa shape index (κ3) is 5.11. The van der Waals surface area contributed by atoms with Gasteiger partial charge in [-0.25, -0.2) is 4.79 Å². The zero-order valence-corrected chi connectivity index (χ0v) is 20.0. The van der Waals surface area contributed by atoms with E-state index in [1.165, 1.54) is 0 Å². The first-order chi connectivity index (χ1) is 15.9. The molecular weight excluding hydrogens is 416 g/mol. The molecule has 0 radical (unpaired) electrons. The van der Waals surface area contributed by atoms with Crippen molar-refractivity contribution >= 4 is 16.9 Å². The van der Waals surface area contributed by atoms with Crippen LogP contribution in [0.5, 0.6) is 5.75 Å². The molecule has 0 spiro atoms. The van der Waals surface area contributed by atoms with Gasteiger partial charge in [-0.15, -0.1) is 0 Å². The Morgan fingerprint density at radius 2 is 1.64 bits per heavy atom. The van der Waals surface area contributed by atoms with Gasteiger partial charge in [0, 0.05) is 29.9 Å². The number of pyridine rings is 1. The van der Waals surface area contributed by atoms with Crippen molar-refractivity contribution < 1.29 is 19.0 Å². The fraction of sp³-hybridized carbons (Fsp3) is 0.630. The van der Waals surface area contributed by atoms with E-state index in [0.29, 0.717) is 0 Å². The maximum absolute atomic E-state index is 12.7. The van der Waals surface area contributed by atoms with Crippen molar-refractivity contribution in [3.05, 3.63) is 36.7 Å². The van der Waals surface area contributed by atoms with Crippen LogP contribution >= 0.6 is 0 Å². The second-order valence-corrected chi connectivity index (χ2v) is 10.9. The van der Waals surface area contributed by atoms with Crippen molar-refractivity contribution in [1.29, 1.82) is 0 Å². The van der Waals surface area contributed by atoms with E-state index >= 15 is 0 Å². The van der Waals surface area contributed by atoms with Gasteiger partial charge in [0.15, 0.2) is 0 Å². The number of nitrogens with zero attached hydrogens (tertiary/aromatic N) is 2. The third-order valence-electron chi connectivity index (χ3n) is 7.24. The van der Waals surface area contributed by atoms with Crippen LogP contribution in [0.25, 0.3) is 10.8 Å². The van der Waals surface area contributed by atoms with Crippen molar-refractivity contribution in [2.24, 2.45) is 0 Å². The molecule has 6 heteroatoms. The summed E-state index contributed by atoms with van der Waals surface area (Å²) < 4.78 is 18.6. The Balaban J connectivity index is 1.12. The Bertz CT molecular complexity index is 960. The van der Waals surface area contributed by atoms with Crippen LogP contribution in [0.3, 0.4) is 0 Å². The van der Waals surface area contributed by atoms with Gasteiger partial charge in [0.05, 0.1) is 18.3 Å². The molecule has 0 N–H and O–H groups in total. The first kappa shape index (κ1) is 22.5. The normalized spacial score (nSPS) is 29.8. The zero-order valence-electron chi connectivity index (χ0n) is 20.0. The summed E-state index contributed by atoms with van der Waals surface area (Å²) in [6, 6.07) is 8.71. The van der Waals surface area contributed by atoms with Crippen LogP contribution in [-0.4, -0.2) is 52.0 Å². The molecule has 33 heavy (non-hydrogen) atoms. The van der Waals surface area contributed by atoms with Gasteiger partial charge in [0.2, 0.25) is 0 Å². The highest BCUT2D eigenvalue weighted by atomic mass is 16.6. The number of carbonyl (C=O) groups is 1. The monoisotopic (exact) mass is 452 g/mol. The molecule has 1 aromatic carbocycles. The van der Waals surface area contributed by atoms with Crippen molar-refractivity contribution in [1.82, 2.24) is 9.88 Å². The van der Waals surface area contributed by atoms with Crippen molar-refractivity contribution in [3.8, 4) is 5.75 Å². The number of amides is 1. The lowest BCUT2D eigenvalue weighted by molar-refractivity contribution is -0.0812. The summed E-state index contributed by atoms with van der Waals surface area (Å²) in [6.45, 7) is 5.79. The molecule has 2 bridgehead atoms. The van der Waals surface area contributed by atoms with E-state index in [2.05, 4.69) is 11.1 Å². The molecule has 3 heterocycles. The predicted octanol–water partition coefficient (Wildman–Crippen LogP) is 5.87. The van der Waals surface area contributed by atoms with Crippen LogP contribution in [0.15, 0.2) is 36.7 Å². The lowest BCUT2D eigenvalue weighted by Crippen LogP contribution is -2.50. The van der Waals surface area contributed by atoms with E-state index in [1.54, 1.807) is 0 Å². The number of piperidine rings is 1. The molecule has 6 nitrogen and oxygen atoms in total. The molecule has 1 aliphatic carbocycles. The molecule has 178 valence electrons. The van der Waals surface area contributed by atoms with E-state index in [9.17, 15) is 4.79 Å². The fourth-order valence-electron chi connectivity index (χ4n) is 5.78. The zero-order chi connectivity index (χ0) is 23.0. The van der Waals surface area contributed by atoms with Crippen LogP contribution < -0.4 is 4.74 Å². The first-order valence-corrected chi connectivity index (χ1v) is 12.5. The van der Waals surface area contributed by atoms with Gasteiger partial charge < -0.3 is 19.1 Å². The standard InChI is InChI=1S/C27H36N2O4/c1-27(2,3)33-26(30)29-19-7-8-20(29)16-23(15-19)31-21-9-11-22(12-10-21)32-25-6-4-5-18-13-14-28-17-24(18)25/h4-6,13-14,17,19-23H,7-12,15-16H2,1-3H3/t19-,20+,21-,22-,23-. The van der Waals surface area contributed by atoms with Crippen molar-refractivity contribution in [2.75, 3.05) is 0 Å². The maximum atomic E-state index is 12.7. The lowest BCUT2D eigenvalue weighted by Gasteiger charge is -2.41. The SMILES string of the molecule is CC(C)(C)OC(=O)N1[C@@H]2CC[C@H]1C[C@H](O[C@H]1CC[C@H](Oc3cccc4ccncc34)CC1)C2. The van der Waals surface area contributed by atoms with E-state index in [0.717, 1.165) is 67.9 Å². The van der Waals surface area contributed by atoms with E-state index in [1.807, 2.05) is 56.3 Å². The molecule has 5 rings (SSSR count). The van der Waals surface area contributed by atoms with Crippen LogP contribution in [0, 0.1) is 0 Å². The minimum atomic E-state index is -0.451. The summed E-state index contributed by atoms with van der Waals surface area (Å²) in [5.41, 5.74) is -0.451. The minimum Gasteiger partial charge on any atom is -0.490 e. The molecule has 2 aliphatic heterocycles. The van der Waals surface area contributed by atoms with Gasteiger partial charge in [0.25, 0.3) is 0 Å². The molecular formula is C27H36N2O4. The van der Waals surface area contributed by atoms with Crippen LogP contribution in [0.4, 0.5) is 4.79 Å². The third-order valence-corrected chi connectivity index (χ3v) is 7.24. The number of hydrogen-bond acceptors (Lipinski definition) is 5. The van der Waals surface area contributed by atoms with Gasteiger partial charge in [0.1, 0.15) is 11.4 Å². The second kappa shape index (κ2) is 9.13. The summed E-state index contributed by atoms with van der Waals surface area (Å²) in [5, 5.41) is 2.23. The summed E-state index contributed by atoms with van der Waals surface area (Å²) >= 11 is 0. The Labute approximate surface area is 196 Å². The summed E-state index contributed by atoms with van der Waals surface area (Å²) in [7, 11) is 0. The number of carbonyl (C=O) groups excluding carboxylic acids is 1. The van der Waals surface area contributed by atoms with Crippen LogP contribution in [-0.2, 0) is 9.47 Å². The van der Waals surface area contributed by atoms with Gasteiger partial charge in [-0.05, 0) is 89.7 Å². The van der Waals surface area contributed by atoms with E-state index < -0.39 is 5.60 Å². The highest BCUT2D eigenvalue weighted by molar-refractivity contribution is 5.87. The summed E-state index contributed by atoms with van der Waals surface area (Å²) in [6.07, 6.45) is 12.3. The fourth-order valence-corrected chi connectivity index (χ4v) is 5.78. The van der Waals surface area contributed by atoms with Gasteiger partial charge in [-0.1, -0.05) is 12.1 Å². The molecule has 3 aliphatic rings. The summed E-state index contributed by atoms with van der Waals surface area (Å²) in [4.78, 5) is 18.9. The van der Waals surface area contributed by atoms with Crippen LogP contribution in [0.1, 0.15) is 72.1 Å². The molecule has 1 aromatic heterocycles. The number of hydrogen-bond donors (Lipinski definition) is 0. The van der Waals surface area contributed by atoms with E-state index in [4.69, 9.17) is 14.2 Å². The smallest absolute Gasteiger partial charge is 0.410 e. The van der Waals surface area contributed by atoms with Crippen molar-refractivity contribution in [3.63, 3.8) is 0 Å².